The highest BCUT2D eigenvalue weighted by molar-refractivity contribution is 7.89. The van der Waals surface area contributed by atoms with Crippen LogP contribution in [0, 0.1) is 6.92 Å². The van der Waals surface area contributed by atoms with Gasteiger partial charge in [-0.25, -0.2) is 13.2 Å². The molecule has 2 rings (SSSR count). The number of benzene rings is 1. The number of carbonyl (C=O) groups excluding carboxylic acids is 1. The van der Waals surface area contributed by atoms with Crippen molar-refractivity contribution in [1.29, 1.82) is 0 Å². The molecule has 1 aromatic rings. The lowest BCUT2D eigenvalue weighted by atomic mass is 10.1. The molecule has 1 heterocycles. The summed E-state index contributed by atoms with van der Waals surface area (Å²) in [7, 11) is -3.31. The summed E-state index contributed by atoms with van der Waals surface area (Å²) in [5.74, 6) is -2.90. The van der Waals surface area contributed by atoms with Gasteiger partial charge in [0.05, 0.1) is 5.75 Å². The van der Waals surface area contributed by atoms with Crippen molar-refractivity contribution in [2.24, 2.45) is 0 Å². The summed E-state index contributed by atoms with van der Waals surface area (Å²) >= 11 is 0. The molecule has 0 saturated carbocycles. The molecule has 1 fully saturated rings. The number of amides is 1. The van der Waals surface area contributed by atoms with Crippen molar-refractivity contribution in [3.63, 3.8) is 0 Å². The smallest absolute Gasteiger partial charge is 0.475 e. The van der Waals surface area contributed by atoms with Crippen LogP contribution in [0.1, 0.15) is 22.8 Å². The summed E-state index contributed by atoms with van der Waals surface area (Å²) in [6.07, 6.45) is -5.08. The fourth-order valence-electron chi connectivity index (χ4n) is 2.66. The highest BCUT2D eigenvalue weighted by Crippen LogP contribution is 2.13. The molecule has 0 unspecified atom stereocenters. The molecular weight excluding hydrogens is 427 g/mol. The molecule has 0 bridgehead atoms. The van der Waals surface area contributed by atoms with E-state index in [1.54, 1.807) is 11.0 Å². The predicted octanol–water partition coefficient (Wildman–Crippen LogP) is 1.33. The molecule has 1 aromatic carbocycles. The van der Waals surface area contributed by atoms with Gasteiger partial charge in [0.1, 0.15) is 0 Å². The minimum absolute atomic E-state index is 0.0293. The van der Waals surface area contributed by atoms with E-state index in [2.05, 4.69) is 5.32 Å². The molecule has 1 saturated heterocycles. The van der Waals surface area contributed by atoms with Gasteiger partial charge in [-0.2, -0.15) is 17.5 Å². The first kappa shape index (κ1) is 25.9. The van der Waals surface area contributed by atoms with E-state index in [9.17, 15) is 26.4 Å². The number of halogens is 3. The number of carbonyl (C=O) groups is 2. The van der Waals surface area contributed by atoms with Gasteiger partial charge in [0.15, 0.2) is 0 Å². The van der Waals surface area contributed by atoms with Gasteiger partial charge in [-0.3, -0.25) is 4.79 Å². The van der Waals surface area contributed by atoms with E-state index >= 15 is 0 Å². The van der Waals surface area contributed by atoms with Crippen molar-refractivity contribution < 1.29 is 36.3 Å². The lowest BCUT2D eigenvalue weighted by molar-refractivity contribution is -0.192. The topological polar surface area (TPSA) is 107 Å². The maximum atomic E-state index is 12.6. The Kier molecular flexibility index (Phi) is 9.72. The monoisotopic (exact) mass is 453 g/mol. The number of nitrogens with one attached hydrogen (secondary N) is 1. The van der Waals surface area contributed by atoms with Crippen molar-refractivity contribution in [3.05, 3.63) is 35.4 Å². The third-order valence-corrected chi connectivity index (χ3v) is 6.23. The fourth-order valence-corrected chi connectivity index (χ4v) is 4.11. The summed E-state index contributed by atoms with van der Waals surface area (Å²) in [5, 5.41) is 10.3. The van der Waals surface area contributed by atoms with Gasteiger partial charge >= 0.3 is 12.1 Å². The van der Waals surface area contributed by atoms with Crippen molar-refractivity contribution in [2.45, 2.75) is 20.0 Å². The van der Waals surface area contributed by atoms with E-state index in [1.807, 2.05) is 32.0 Å². The van der Waals surface area contributed by atoms with Gasteiger partial charge in [0.2, 0.25) is 10.0 Å². The van der Waals surface area contributed by atoms with Crippen LogP contribution < -0.4 is 5.32 Å². The second-order valence-electron chi connectivity index (χ2n) is 6.47. The number of aryl methyl sites for hydroxylation is 1. The Morgan fingerprint density at radius 2 is 1.73 bits per heavy atom. The summed E-state index contributed by atoms with van der Waals surface area (Å²) in [5.41, 5.74) is 1.54. The number of hydrogen-bond donors (Lipinski definition) is 2. The predicted molar refractivity (Wildman–Crippen MR) is 105 cm³/mol. The molecule has 0 radical (unpaired) electrons. The number of rotatable bonds is 6. The Morgan fingerprint density at radius 1 is 1.20 bits per heavy atom. The lowest BCUT2D eigenvalue weighted by Gasteiger charge is -2.28. The molecule has 1 aliphatic rings. The summed E-state index contributed by atoms with van der Waals surface area (Å²) in [4.78, 5) is 23.1. The molecular formula is C18H26F3N3O5S. The van der Waals surface area contributed by atoms with E-state index in [4.69, 9.17) is 9.90 Å². The molecule has 0 aliphatic carbocycles. The van der Waals surface area contributed by atoms with Crippen LogP contribution in [-0.4, -0.2) is 85.8 Å². The summed E-state index contributed by atoms with van der Waals surface area (Å²) < 4.78 is 58.0. The quantitative estimate of drug-likeness (QED) is 0.673. The summed E-state index contributed by atoms with van der Waals surface area (Å²) in [6.45, 7) is 6.82. The number of piperazine rings is 1. The Bertz CT molecular complexity index is 825. The Balaban J connectivity index is 0.000000553. The highest BCUT2D eigenvalue weighted by Gasteiger charge is 2.38. The molecule has 1 aliphatic heterocycles. The van der Waals surface area contributed by atoms with Gasteiger partial charge in [-0.15, -0.1) is 0 Å². The van der Waals surface area contributed by atoms with E-state index < -0.39 is 22.2 Å². The van der Waals surface area contributed by atoms with Crippen LogP contribution in [-0.2, 0) is 14.8 Å². The molecule has 0 atom stereocenters. The van der Waals surface area contributed by atoms with Gasteiger partial charge in [0, 0.05) is 44.8 Å². The van der Waals surface area contributed by atoms with Crippen molar-refractivity contribution in [3.8, 4) is 0 Å². The second kappa shape index (κ2) is 11.3. The Morgan fingerprint density at radius 3 is 2.20 bits per heavy atom. The first-order valence-corrected chi connectivity index (χ1v) is 10.8. The minimum atomic E-state index is -5.08. The number of sulfonamides is 1. The average Bonchev–Trinajstić information content (AvgIpc) is 2.69. The number of nitrogens with zero attached hydrogens (tertiary/aromatic N) is 2. The minimum Gasteiger partial charge on any atom is -0.475 e. The number of carboxylic acids is 1. The average molecular weight is 453 g/mol. The molecule has 170 valence electrons. The van der Waals surface area contributed by atoms with E-state index in [0.29, 0.717) is 38.3 Å². The lowest BCUT2D eigenvalue weighted by Crippen LogP contribution is -2.48. The molecule has 8 nitrogen and oxygen atoms in total. The van der Waals surface area contributed by atoms with Crippen LogP contribution in [0.25, 0.3) is 0 Å². The molecule has 0 spiro atoms. The molecule has 12 heteroatoms. The summed E-state index contributed by atoms with van der Waals surface area (Å²) in [6, 6.07) is 7.38. The van der Waals surface area contributed by atoms with Crippen LogP contribution in [0.3, 0.4) is 0 Å². The molecule has 0 aromatic heterocycles. The second-order valence-corrected chi connectivity index (χ2v) is 8.56. The first-order chi connectivity index (χ1) is 13.9. The van der Waals surface area contributed by atoms with Crippen molar-refractivity contribution >= 4 is 21.9 Å². The highest BCUT2D eigenvalue weighted by atomic mass is 32.2. The van der Waals surface area contributed by atoms with Crippen molar-refractivity contribution in [1.82, 2.24) is 14.5 Å². The maximum Gasteiger partial charge on any atom is 0.490 e. The SMILES string of the molecule is CCN(CCS(=O)(=O)N1CCNCC1)C(=O)c1ccccc1C.O=C(O)C(F)(F)F. The van der Waals surface area contributed by atoms with E-state index in [1.165, 1.54) is 4.31 Å². The van der Waals surface area contributed by atoms with Crippen LogP contribution in [0.2, 0.25) is 0 Å². The van der Waals surface area contributed by atoms with Gasteiger partial charge in [0.25, 0.3) is 5.91 Å². The van der Waals surface area contributed by atoms with Crippen LogP contribution >= 0.6 is 0 Å². The van der Waals surface area contributed by atoms with Crippen LogP contribution in [0.4, 0.5) is 13.2 Å². The molecule has 2 N–H and O–H groups in total. The molecule has 30 heavy (non-hydrogen) atoms. The van der Waals surface area contributed by atoms with Crippen LogP contribution in [0.5, 0.6) is 0 Å². The van der Waals surface area contributed by atoms with Gasteiger partial charge < -0.3 is 15.3 Å². The zero-order valence-electron chi connectivity index (χ0n) is 16.8. The zero-order chi connectivity index (χ0) is 22.9. The van der Waals surface area contributed by atoms with Gasteiger partial charge in [-0.05, 0) is 25.5 Å². The normalized spacial score (nSPS) is 15.1. The third kappa shape index (κ3) is 7.92. The Labute approximate surface area is 173 Å². The number of alkyl halides is 3. The number of aliphatic carboxylic acids is 1. The van der Waals surface area contributed by atoms with Crippen molar-refractivity contribution in [2.75, 3.05) is 45.0 Å². The largest absolute Gasteiger partial charge is 0.490 e. The van der Waals surface area contributed by atoms with E-state index in [-0.39, 0.29) is 18.2 Å². The van der Waals surface area contributed by atoms with E-state index in [0.717, 1.165) is 5.56 Å². The maximum absolute atomic E-state index is 12.6. The van der Waals surface area contributed by atoms with Crippen LogP contribution in [0.15, 0.2) is 24.3 Å². The zero-order valence-corrected chi connectivity index (χ0v) is 17.6. The fraction of sp³-hybridized carbons (Fsp3) is 0.556. The number of carboxylic acid groups (broad SMARTS) is 1. The number of hydrogen-bond acceptors (Lipinski definition) is 5. The standard InChI is InChI=1S/C16H25N3O3S.C2HF3O2/c1-3-18(16(20)15-7-5-4-6-14(15)2)12-13-23(21,22)19-10-8-17-9-11-19;3-2(4,5)1(6)7/h4-7,17H,3,8-13H2,1-2H3;(H,6,7). The van der Waals surface area contributed by atoms with Gasteiger partial charge in [-0.1, -0.05) is 18.2 Å². The molecule has 1 amide bonds. The Hall–Kier alpha value is -2.18. The third-order valence-electron chi connectivity index (χ3n) is 4.38. The first-order valence-electron chi connectivity index (χ1n) is 9.23.